The highest BCUT2D eigenvalue weighted by atomic mass is 35.5. The molecule has 2 N–H and O–H groups in total. The zero-order valence-corrected chi connectivity index (χ0v) is 11.7. The summed E-state index contributed by atoms with van der Waals surface area (Å²) in [6, 6.07) is 9.06. The molecule has 0 heterocycles. The molecular formula is C13H8Cl3NO2. The number of benzene rings is 2. The molecule has 0 radical (unpaired) electrons. The summed E-state index contributed by atoms with van der Waals surface area (Å²) < 4.78 is 0. The third-order valence-electron chi connectivity index (χ3n) is 2.41. The molecule has 2 aromatic carbocycles. The highest BCUT2D eigenvalue weighted by Crippen LogP contribution is 2.31. The second-order valence-electron chi connectivity index (χ2n) is 3.72. The van der Waals surface area contributed by atoms with E-state index in [1.807, 2.05) is 0 Å². The topological polar surface area (TPSA) is 49.3 Å². The van der Waals surface area contributed by atoms with Gasteiger partial charge in [-0.15, -0.1) is 0 Å². The molecule has 0 bridgehead atoms. The second-order valence-corrected chi connectivity index (χ2v) is 4.94. The summed E-state index contributed by atoms with van der Waals surface area (Å²) in [6.45, 7) is 0. The lowest BCUT2D eigenvalue weighted by molar-refractivity contribution is 0.102. The Hall–Kier alpha value is -1.42. The van der Waals surface area contributed by atoms with E-state index in [-0.39, 0.29) is 10.8 Å². The Kier molecular flexibility index (Phi) is 4.20. The molecule has 0 fully saturated rings. The predicted molar refractivity (Wildman–Crippen MR) is 77.5 cm³/mol. The molecule has 0 saturated carbocycles. The van der Waals surface area contributed by atoms with Crippen molar-refractivity contribution in [2.75, 3.05) is 5.32 Å². The third-order valence-corrected chi connectivity index (χ3v) is 3.34. The van der Waals surface area contributed by atoms with E-state index >= 15 is 0 Å². The van der Waals surface area contributed by atoms with Gasteiger partial charge in [0.25, 0.3) is 5.91 Å². The van der Waals surface area contributed by atoms with Crippen LogP contribution >= 0.6 is 34.8 Å². The van der Waals surface area contributed by atoms with Crippen LogP contribution in [0.4, 0.5) is 5.69 Å². The SMILES string of the molecule is O=C(Nc1c(Cl)cccc1Cl)c1ccc(O)c(Cl)c1. The van der Waals surface area contributed by atoms with Crippen LogP contribution in [0.25, 0.3) is 0 Å². The molecule has 0 unspecified atom stereocenters. The number of carbonyl (C=O) groups is 1. The standard InChI is InChI=1S/C13H8Cl3NO2/c14-8-2-1-3-9(15)12(8)17-13(19)7-4-5-11(18)10(16)6-7/h1-6,18H,(H,17,19). The molecule has 0 aromatic heterocycles. The quantitative estimate of drug-likeness (QED) is 0.850. The van der Waals surface area contributed by atoms with Gasteiger partial charge in [0.1, 0.15) is 5.75 Å². The number of phenolic OH excluding ortho intramolecular Hbond substituents is 1. The van der Waals surface area contributed by atoms with Gasteiger partial charge in [0, 0.05) is 5.56 Å². The number of para-hydroxylation sites is 1. The van der Waals surface area contributed by atoms with Crippen LogP contribution in [-0.2, 0) is 0 Å². The molecule has 2 rings (SSSR count). The van der Waals surface area contributed by atoms with Gasteiger partial charge in [-0.3, -0.25) is 4.79 Å². The van der Waals surface area contributed by atoms with Gasteiger partial charge < -0.3 is 10.4 Å². The molecule has 3 nitrogen and oxygen atoms in total. The molecule has 1 amide bonds. The highest BCUT2D eigenvalue weighted by molar-refractivity contribution is 6.40. The molecule has 0 spiro atoms. The molecular weight excluding hydrogens is 309 g/mol. The summed E-state index contributed by atoms with van der Waals surface area (Å²) in [5, 5.41) is 12.7. The molecule has 0 aliphatic rings. The summed E-state index contributed by atoms with van der Waals surface area (Å²) in [7, 11) is 0. The summed E-state index contributed by atoms with van der Waals surface area (Å²) in [5.41, 5.74) is 0.624. The van der Waals surface area contributed by atoms with Gasteiger partial charge >= 0.3 is 0 Å². The number of hydrogen-bond donors (Lipinski definition) is 2. The smallest absolute Gasteiger partial charge is 0.255 e. The van der Waals surface area contributed by atoms with Crippen molar-refractivity contribution < 1.29 is 9.90 Å². The van der Waals surface area contributed by atoms with Crippen molar-refractivity contribution in [1.29, 1.82) is 0 Å². The summed E-state index contributed by atoms with van der Waals surface area (Å²) >= 11 is 17.6. The van der Waals surface area contributed by atoms with Gasteiger partial charge in [-0.25, -0.2) is 0 Å². The number of hydrogen-bond acceptors (Lipinski definition) is 2. The predicted octanol–water partition coefficient (Wildman–Crippen LogP) is 4.60. The maximum Gasteiger partial charge on any atom is 0.255 e. The van der Waals surface area contributed by atoms with Crippen molar-refractivity contribution in [3.63, 3.8) is 0 Å². The van der Waals surface area contributed by atoms with E-state index < -0.39 is 5.91 Å². The van der Waals surface area contributed by atoms with E-state index in [1.165, 1.54) is 18.2 Å². The van der Waals surface area contributed by atoms with Crippen LogP contribution in [0.2, 0.25) is 15.1 Å². The first-order valence-electron chi connectivity index (χ1n) is 5.23. The fourth-order valence-corrected chi connectivity index (χ4v) is 2.12. The van der Waals surface area contributed by atoms with Crippen molar-refractivity contribution in [1.82, 2.24) is 0 Å². The number of aromatic hydroxyl groups is 1. The molecule has 6 heteroatoms. The Morgan fingerprint density at radius 1 is 1.00 bits per heavy atom. The maximum atomic E-state index is 12.0. The van der Waals surface area contributed by atoms with E-state index in [0.717, 1.165) is 0 Å². The first-order chi connectivity index (χ1) is 8.99. The molecule has 0 aliphatic carbocycles. The molecule has 0 atom stereocenters. The Morgan fingerprint density at radius 3 is 2.21 bits per heavy atom. The van der Waals surface area contributed by atoms with Crippen LogP contribution in [-0.4, -0.2) is 11.0 Å². The van der Waals surface area contributed by atoms with Crippen LogP contribution in [0.1, 0.15) is 10.4 Å². The van der Waals surface area contributed by atoms with E-state index in [0.29, 0.717) is 21.3 Å². The minimum absolute atomic E-state index is 0.0889. The Bertz CT molecular complexity index is 624. The molecule has 0 saturated heterocycles. The largest absolute Gasteiger partial charge is 0.506 e. The first kappa shape index (κ1) is 14.0. The number of halogens is 3. The van der Waals surface area contributed by atoms with Crippen molar-refractivity contribution in [3.05, 3.63) is 57.0 Å². The van der Waals surface area contributed by atoms with Crippen LogP contribution in [0.15, 0.2) is 36.4 Å². The van der Waals surface area contributed by atoms with Crippen LogP contribution < -0.4 is 5.32 Å². The fraction of sp³-hybridized carbons (Fsp3) is 0. The minimum atomic E-state index is -0.420. The third kappa shape index (κ3) is 3.13. The maximum absolute atomic E-state index is 12.0. The number of nitrogens with one attached hydrogen (secondary N) is 1. The van der Waals surface area contributed by atoms with Crippen molar-refractivity contribution in [3.8, 4) is 5.75 Å². The van der Waals surface area contributed by atoms with Gasteiger partial charge in [-0.2, -0.15) is 0 Å². The molecule has 2 aromatic rings. The zero-order chi connectivity index (χ0) is 14.0. The first-order valence-corrected chi connectivity index (χ1v) is 6.36. The zero-order valence-electron chi connectivity index (χ0n) is 9.45. The normalized spacial score (nSPS) is 10.3. The summed E-state index contributed by atoms with van der Waals surface area (Å²) in [4.78, 5) is 12.0. The van der Waals surface area contributed by atoms with E-state index in [2.05, 4.69) is 5.32 Å². The second kappa shape index (κ2) is 5.70. The van der Waals surface area contributed by atoms with Crippen LogP contribution in [0.3, 0.4) is 0 Å². The van der Waals surface area contributed by atoms with Gasteiger partial charge in [0.2, 0.25) is 0 Å². The highest BCUT2D eigenvalue weighted by Gasteiger charge is 2.12. The molecule has 98 valence electrons. The number of anilines is 1. The van der Waals surface area contributed by atoms with E-state index in [4.69, 9.17) is 34.8 Å². The fourth-order valence-electron chi connectivity index (χ4n) is 1.45. The average Bonchev–Trinajstić information content (AvgIpc) is 2.37. The average molecular weight is 317 g/mol. The van der Waals surface area contributed by atoms with Crippen LogP contribution in [0, 0.1) is 0 Å². The van der Waals surface area contributed by atoms with Gasteiger partial charge in [-0.05, 0) is 30.3 Å². The number of carbonyl (C=O) groups excluding carboxylic acids is 1. The Balaban J connectivity index is 2.28. The van der Waals surface area contributed by atoms with Gasteiger partial charge in [0.05, 0.1) is 20.8 Å². The molecule has 0 aliphatic heterocycles. The minimum Gasteiger partial charge on any atom is -0.506 e. The van der Waals surface area contributed by atoms with Crippen molar-refractivity contribution in [2.24, 2.45) is 0 Å². The number of rotatable bonds is 2. The number of amides is 1. The lowest BCUT2D eigenvalue weighted by atomic mass is 10.2. The Morgan fingerprint density at radius 2 is 1.63 bits per heavy atom. The van der Waals surface area contributed by atoms with E-state index in [1.54, 1.807) is 18.2 Å². The van der Waals surface area contributed by atoms with Crippen molar-refractivity contribution >= 4 is 46.4 Å². The van der Waals surface area contributed by atoms with Gasteiger partial charge in [-0.1, -0.05) is 40.9 Å². The Labute approximate surface area is 124 Å². The van der Waals surface area contributed by atoms with E-state index in [9.17, 15) is 9.90 Å². The monoisotopic (exact) mass is 315 g/mol. The van der Waals surface area contributed by atoms with Crippen LogP contribution in [0.5, 0.6) is 5.75 Å². The van der Waals surface area contributed by atoms with Gasteiger partial charge in [0.15, 0.2) is 0 Å². The summed E-state index contributed by atoms with van der Waals surface area (Å²) in [6.07, 6.45) is 0. The van der Waals surface area contributed by atoms with Crippen molar-refractivity contribution in [2.45, 2.75) is 0 Å². The lowest BCUT2D eigenvalue weighted by Gasteiger charge is -2.09. The lowest BCUT2D eigenvalue weighted by Crippen LogP contribution is -2.12. The summed E-state index contributed by atoms with van der Waals surface area (Å²) in [5.74, 6) is -0.508. The number of phenols is 1. The molecule has 19 heavy (non-hydrogen) atoms.